The first-order valence-electron chi connectivity index (χ1n) is 9.42. The third-order valence-corrected chi connectivity index (χ3v) is 5.28. The predicted octanol–water partition coefficient (Wildman–Crippen LogP) is 0.586. The third kappa shape index (κ3) is 4.00. The fourth-order valence-corrected chi connectivity index (χ4v) is 3.51. The van der Waals surface area contributed by atoms with Crippen LogP contribution in [-0.2, 0) is 0 Å². The molecular weight excluding hydrogens is 342 g/mol. The van der Waals surface area contributed by atoms with Crippen LogP contribution < -0.4 is 9.80 Å². The van der Waals surface area contributed by atoms with Gasteiger partial charge in [-0.15, -0.1) is 10.2 Å². The zero-order valence-electron chi connectivity index (χ0n) is 15.7. The Morgan fingerprint density at radius 1 is 0.778 bits per heavy atom. The van der Waals surface area contributed by atoms with Gasteiger partial charge in [0.15, 0.2) is 11.6 Å². The summed E-state index contributed by atoms with van der Waals surface area (Å²) in [5.74, 6) is 1.88. The molecule has 2 fully saturated rings. The lowest BCUT2D eigenvalue weighted by Crippen LogP contribution is -2.49. The molecule has 2 aromatic rings. The van der Waals surface area contributed by atoms with Crippen LogP contribution in [0.3, 0.4) is 0 Å². The maximum atomic E-state index is 12.5. The van der Waals surface area contributed by atoms with Crippen LogP contribution in [0.25, 0.3) is 0 Å². The summed E-state index contributed by atoms with van der Waals surface area (Å²) >= 11 is 0. The van der Waals surface area contributed by atoms with E-state index in [4.69, 9.17) is 0 Å². The molecule has 27 heavy (non-hydrogen) atoms. The Labute approximate surface area is 159 Å². The number of amides is 1. The molecule has 2 saturated heterocycles. The number of carbonyl (C=O) groups is 1. The molecule has 0 aromatic carbocycles. The maximum Gasteiger partial charge on any atom is 0.254 e. The molecule has 8 heteroatoms. The quantitative estimate of drug-likeness (QED) is 0.786. The van der Waals surface area contributed by atoms with Crippen molar-refractivity contribution >= 4 is 17.5 Å². The molecule has 0 aliphatic carbocycles. The van der Waals surface area contributed by atoms with Crippen molar-refractivity contribution in [3.05, 3.63) is 42.2 Å². The van der Waals surface area contributed by atoms with E-state index in [0.717, 1.165) is 50.9 Å². The summed E-state index contributed by atoms with van der Waals surface area (Å²) in [5, 5.41) is 8.87. The number of anilines is 2. The molecule has 0 radical (unpaired) electrons. The SMILES string of the molecule is CN1CCN(c2ccc(N3CCN(C(=O)c4ccncc4)CC3)nn2)CC1. The van der Waals surface area contributed by atoms with Gasteiger partial charge in [0.1, 0.15) is 0 Å². The van der Waals surface area contributed by atoms with Gasteiger partial charge in [0.25, 0.3) is 5.91 Å². The van der Waals surface area contributed by atoms with Crippen molar-refractivity contribution in [2.45, 2.75) is 0 Å². The van der Waals surface area contributed by atoms with Crippen LogP contribution in [0.5, 0.6) is 0 Å². The first-order valence-corrected chi connectivity index (χ1v) is 9.42. The fourth-order valence-electron chi connectivity index (χ4n) is 3.51. The minimum atomic E-state index is 0.0635. The second-order valence-electron chi connectivity index (χ2n) is 7.06. The average Bonchev–Trinajstić information content (AvgIpc) is 2.75. The van der Waals surface area contributed by atoms with Gasteiger partial charge in [-0.05, 0) is 31.3 Å². The van der Waals surface area contributed by atoms with Crippen LogP contribution >= 0.6 is 0 Å². The summed E-state index contributed by atoms with van der Waals surface area (Å²) in [6.45, 7) is 6.97. The zero-order valence-corrected chi connectivity index (χ0v) is 15.7. The number of likely N-dealkylation sites (N-methyl/N-ethyl adjacent to an activating group) is 1. The molecule has 0 N–H and O–H groups in total. The molecule has 2 aliphatic rings. The van der Waals surface area contributed by atoms with Crippen molar-refractivity contribution in [3.63, 3.8) is 0 Å². The van der Waals surface area contributed by atoms with Crippen molar-refractivity contribution in [1.29, 1.82) is 0 Å². The highest BCUT2D eigenvalue weighted by Gasteiger charge is 2.23. The number of pyridine rings is 1. The number of hydrogen-bond acceptors (Lipinski definition) is 7. The molecule has 142 valence electrons. The summed E-state index contributed by atoms with van der Waals surface area (Å²) in [7, 11) is 2.14. The summed E-state index contributed by atoms with van der Waals surface area (Å²) in [5.41, 5.74) is 0.690. The summed E-state index contributed by atoms with van der Waals surface area (Å²) in [6.07, 6.45) is 3.31. The Bertz CT molecular complexity index is 751. The maximum absolute atomic E-state index is 12.5. The molecular formula is C19H25N7O. The molecule has 1 amide bonds. The Hall–Kier alpha value is -2.74. The van der Waals surface area contributed by atoms with Gasteiger partial charge in [-0.25, -0.2) is 0 Å². The molecule has 0 atom stereocenters. The van der Waals surface area contributed by atoms with E-state index in [0.29, 0.717) is 18.7 Å². The number of rotatable bonds is 3. The topological polar surface area (TPSA) is 68.7 Å². The van der Waals surface area contributed by atoms with Crippen LogP contribution in [0.4, 0.5) is 11.6 Å². The Morgan fingerprint density at radius 2 is 1.30 bits per heavy atom. The normalized spacial score (nSPS) is 18.6. The Balaban J connectivity index is 1.34. The highest BCUT2D eigenvalue weighted by molar-refractivity contribution is 5.94. The zero-order chi connectivity index (χ0) is 18.6. The van der Waals surface area contributed by atoms with E-state index in [1.165, 1.54) is 0 Å². The molecule has 2 aliphatic heterocycles. The standard InChI is InChI=1S/C19H25N7O/c1-23-8-10-24(11-9-23)17-2-3-18(22-21-17)25-12-14-26(15-13-25)19(27)16-4-6-20-7-5-16/h2-7H,8-15H2,1H3. The van der Waals surface area contributed by atoms with Gasteiger partial charge in [-0.3, -0.25) is 9.78 Å². The Kier molecular flexibility index (Phi) is 5.15. The lowest BCUT2D eigenvalue weighted by atomic mass is 10.2. The number of nitrogens with zero attached hydrogens (tertiary/aromatic N) is 7. The molecule has 0 saturated carbocycles. The van der Waals surface area contributed by atoms with Crippen LogP contribution in [0.1, 0.15) is 10.4 Å². The van der Waals surface area contributed by atoms with Gasteiger partial charge in [0.05, 0.1) is 0 Å². The van der Waals surface area contributed by atoms with Gasteiger partial charge in [0, 0.05) is 70.3 Å². The third-order valence-electron chi connectivity index (χ3n) is 5.28. The average molecular weight is 367 g/mol. The first-order chi connectivity index (χ1) is 13.2. The molecule has 2 aromatic heterocycles. The molecule has 4 heterocycles. The number of aromatic nitrogens is 3. The predicted molar refractivity (Wildman–Crippen MR) is 104 cm³/mol. The minimum Gasteiger partial charge on any atom is -0.353 e. The Morgan fingerprint density at radius 3 is 1.81 bits per heavy atom. The van der Waals surface area contributed by atoms with E-state index in [2.05, 4.69) is 43.0 Å². The van der Waals surface area contributed by atoms with Crippen LogP contribution in [0.2, 0.25) is 0 Å². The van der Waals surface area contributed by atoms with Crippen molar-refractivity contribution in [3.8, 4) is 0 Å². The molecule has 8 nitrogen and oxygen atoms in total. The molecule has 0 spiro atoms. The second kappa shape index (κ2) is 7.87. The van der Waals surface area contributed by atoms with Crippen molar-refractivity contribution < 1.29 is 4.79 Å². The minimum absolute atomic E-state index is 0.0635. The molecule has 0 unspecified atom stereocenters. The largest absolute Gasteiger partial charge is 0.353 e. The van der Waals surface area contributed by atoms with Crippen LogP contribution in [0, 0.1) is 0 Å². The summed E-state index contributed by atoms with van der Waals surface area (Å²) in [6, 6.07) is 7.62. The van der Waals surface area contributed by atoms with Crippen molar-refractivity contribution in [2.75, 3.05) is 69.2 Å². The van der Waals surface area contributed by atoms with E-state index in [9.17, 15) is 4.79 Å². The molecule has 4 rings (SSSR count). The van der Waals surface area contributed by atoms with Crippen LogP contribution in [-0.4, -0.2) is 90.3 Å². The summed E-state index contributed by atoms with van der Waals surface area (Å²) in [4.78, 5) is 25.2. The van der Waals surface area contributed by atoms with E-state index < -0.39 is 0 Å². The number of carbonyl (C=O) groups excluding carboxylic acids is 1. The lowest BCUT2D eigenvalue weighted by molar-refractivity contribution is 0.0746. The van der Waals surface area contributed by atoms with Gasteiger partial charge in [-0.2, -0.15) is 0 Å². The van der Waals surface area contributed by atoms with Gasteiger partial charge >= 0.3 is 0 Å². The number of piperazine rings is 2. The molecule has 0 bridgehead atoms. The smallest absolute Gasteiger partial charge is 0.254 e. The lowest BCUT2D eigenvalue weighted by Gasteiger charge is -2.35. The van der Waals surface area contributed by atoms with Crippen molar-refractivity contribution in [2.24, 2.45) is 0 Å². The number of hydrogen-bond donors (Lipinski definition) is 0. The van der Waals surface area contributed by atoms with E-state index >= 15 is 0 Å². The fraction of sp³-hybridized carbons (Fsp3) is 0.474. The van der Waals surface area contributed by atoms with Crippen molar-refractivity contribution in [1.82, 2.24) is 25.0 Å². The second-order valence-corrected chi connectivity index (χ2v) is 7.06. The summed E-state index contributed by atoms with van der Waals surface area (Å²) < 4.78 is 0. The monoisotopic (exact) mass is 367 g/mol. The van der Waals surface area contributed by atoms with Crippen LogP contribution in [0.15, 0.2) is 36.7 Å². The van der Waals surface area contributed by atoms with Gasteiger partial charge in [0.2, 0.25) is 0 Å². The van der Waals surface area contributed by atoms with E-state index in [1.54, 1.807) is 24.5 Å². The highest BCUT2D eigenvalue weighted by atomic mass is 16.2. The van der Waals surface area contributed by atoms with Gasteiger partial charge < -0.3 is 19.6 Å². The van der Waals surface area contributed by atoms with E-state index in [1.807, 2.05) is 11.0 Å². The van der Waals surface area contributed by atoms with E-state index in [-0.39, 0.29) is 5.91 Å². The van der Waals surface area contributed by atoms with Gasteiger partial charge in [-0.1, -0.05) is 0 Å². The first kappa shape index (κ1) is 17.7. The highest BCUT2D eigenvalue weighted by Crippen LogP contribution is 2.18.